The second-order valence-corrected chi connectivity index (χ2v) is 5.13. The Morgan fingerprint density at radius 2 is 1.83 bits per heavy atom. The van der Waals surface area contributed by atoms with Crippen LogP contribution in [-0.2, 0) is 4.79 Å². The van der Waals surface area contributed by atoms with Crippen molar-refractivity contribution in [2.45, 2.75) is 13.0 Å². The number of benzene rings is 2. The van der Waals surface area contributed by atoms with Gasteiger partial charge in [0, 0.05) is 19.7 Å². The lowest BCUT2D eigenvalue weighted by atomic mass is 10.1. The molecule has 0 radical (unpaired) electrons. The minimum Gasteiger partial charge on any atom is -0.491 e. The number of ether oxygens (including phenoxy) is 1. The zero-order valence-corrected chi connectivity index (χ0v) is 13.1. The van der Waals surface area contributed by atoms with E-state index in [0.29, 0.717) is 16.9 Å². The maximum Gasteiger partial charge on any atom is 0.223 e. The zero-order chi connectivity index (χ0) is 16.8. The number of nitrogens with zero attached hydrogens (tertiary/aromatic N) is 2. The molecule has 0 spiro atoms. The van der Waals surface area contributed by atoms with Crippen LogP contribution in [0.5, 0.6) is 5.75 Å². The average Bonchev–Trinajstić information content (AvgIpc) is 2.59. The third-order valence-electron chi connectivity index (χ3n) is 3.53. The van der Waals surface area contributed by atoms with Gasteiger partial charge in [-0.2, -0.15) is 5.26 Å². The molecule has 1 unspecified atom stereocenters. The molecule has 0 bridgehead atoms. The van der Waals surface area contributed by atoms with Crippen LogP contribution >= 0.6 is 0 Å². The Balaban J connectivity index is 1.94. The zero-order valence-electron chi connectivity index (χ0n) is 13.1. The van der Waals surface area contributed by atoms with Crippen molar-refractivity contribution in [2.75, 3.05) is 18.6 Å². The van der Waals surface area contributed by atoms with E-state index >= 15 is 0 Å². The summed E-state index contributed by atoms with van der Waals surface area (Å²) in [5, 5.41) is 18.9. The lowest BCUT2D eigenvalue weighted by Gasteiger charge is -2.16. The molecule has 5 nitrogen and oxygen atoms in total. The molecule has 2 aromatic rings. The van der Waals surface area contributed by atoms with E-state index in [1.165, 1.54) is 11.8 Å². The number of rotatable bonds is 5. The molecule has 0 aliphatic heterocycles. The van der Waals surface area contributed by atoms with Crippen LogP contribution in [0.2, 0.25) is 0 Å². The van der Waals surface area contributed by atoms with Gasteiger partial charge in [-0.25, -0.2) is 0 Å². The number of anilines is 1. The summed E-state index contributed by atoms with van der Waals surface area (Å²) in [6, 6.07) is 15.8. The third-order valence-corrected chi connectivity index (χ3v) is 3.53. The average molecular weight is 310 g/mol. The first-order valence-electron chi connectivity index (χ1n) is 7.16. The third kappa shape index (κ3) is 4.31. The van der Waals surface area contributed by atoms with Gasteiger partial charge < -0.3 is 14.7 Å². The van der Waals surface area contributed by atoms with Gasteiger partial charge in [0.2, 0.25) is 5.91 Å². The summed E-state index contributed by atoms with van der Waals surface area (Å²) in [7, 11) is 1.70. The van der Waals surface area contributed by atoms with Gasteiger partial charge in [-0.1, -0.05) is 12.1 Å². The van der Waals surface area contributed by atoms with Crippen molar-refractivity contribution in [3.63, 3.8) is 0 Å². The summed E-state index contributed by atoms with van der Waals surface area (Å²) in [6.45, 7) is 1.60. The van der Waals surface area contributed by atoms with Crippen molar-refractivity contribution < 1.29 is 14.6 Å². The number of hydrogen-bond acceptors (Lipinski definition) is 4. The fourth-order valence-electron chi connectivity index (χ4n) is 2.00. The Labute approximate surface area is 135 Å². The first-order valence-corrected chi connectivity index (χ1v) is 7.16. The summed E-state index contributed by atoms with van der Waals surface area (Å²) in [5.74, 6) is 0.563. The van der Waals surface area contributed by atoms with Gasteiger partial charge in [0.25, 0.3) is 0 Å². The fraction of sp³-hybridized carbons (Fsp3) is 0.222. The number of nitriles is 1. The topological polar surface area (TPSA) is 73.6 Å². The molecule has 1 atom stereocenters. The monoisotopic (exact) mass is 310 g/mol. The number of amides is 1. The van der Waals surface area contributed by atoms with Gasteiger partial charge >= 0.3 is 0 Å². The number of aliphatic hydroxyl groups is 1. The highest BCUT2D eigenvalue weighted by Gasteiger charge is 2.09. The number of hydrogen-bond donors (Lipinski definition) is 1. The Bertz CT molecular complexity index is 703. The summed E-state index contributed by atoms with van der Waals surface area (Å²) < 4.78 is 5.56. The molecule has 5 heteroatoms. The first kappa shape index (κ1) is 16.5. The van der Waals surface area contributed by atoms with Crippen molar-refractivity contribution in [3.05, 3.63) is 59.7 Å². The number of carbonyl (C=O) groups is 1. The van der Waals surface area contributed by atoms with E-state index in [0.717, 1.165) is 5.69 Å². The predicted octanol–water partition coefficient (Wildman–Crippen LogP) is 2.65. The van der Waals surface area contributed by atoms with E-state index in [-0.39, 0.29) is 12.5 Å². The highest BCUT2D eigenvalue weighted by Crippen LogP contribution is 2.20. The van der Waals surface area contributed by atoms with Crippen LogP contribution in [-0.4, -0.2) is 24.7 Å². The molecule has 0 fully saturated rings. The van der Waals surface area contributed by atoms with E-state index in [1.807, 2.05) is 6.07 Å². The predicted molar refractivity (Wildman–Crippen MR) is 87.1 cm³/mol. The van der Waals surface area contributed by atoms with Gasteiger partial charge in [0.15, 0.2) is 0 Å². The number of carbonyl (C=O) groups excluding carboxylic acids is 1. The molecule has 0 aliphatic carbocycles. The molecular formula is C18H18N2O3. The molecule has 0 heterocycles. The van der Waals surface area contributed by atoms with Gasteiger partial charge in [-0.15, -0.1) is 0 Å². The normalized spacial score (nSPS) is 11.4. The van der Waals surface area contributed by atoms with Crippen LogP contribution < -0.4 is 9.64 Å². The van der Waals surface area contributed by atoms with Crippen LogP contribution in [0.1, 0.15) is 24.2 Å². The molecule has 2 rings (SSSR count). The van der Waals surface area contributed by atoms with Gasteiger partial charge in [0.1, 0.15) is 18.5 Å². The minimum atomic E-state index is -0.776. The van der Waals surface area contributed by atoms with E-state index in [1.54, 1.807) is 55.6 Å². The van der Waals surface area contributed by atoms with Crippen molar-refractivity contribution in [3.8, 4) is 11.8 Å². The van der Waals surface area contributed by atoms with Crippen LogP contribution in [0, 0.1) is 11.3 Å². The van der Waals surface area contributed by atoms with Crippen LogP contribution in [0.4, 0.5) is 5.69 Å². The lowest BCUT2D eigenvalue weighted by Crippen LogP contribution is -2.22. The maximum atomic E-state index is 11.3. The molecule has 23 heavy (non-hydrogen) atoms. The van der Waals surface area contributed by atoms with E-state index in [2.05, 4.69) is 0 Å². The highest BCUT2D eigenvalue weighted by molar-refractivity contribution is 5.90. The molecule has 0 aliphatic rings. The maximum absolute atomic E-state index is 11.3. The van der Waals surface area contributed by atoms with Gasteiger partial charge in [0.05, 0.1) is 11.6 Å². The second kappa shape index (κ2) is 7.43. The Hall–Kier alpha value is -2.84. The fourth-order valence-corrected chi connectivity index (χ4v) is 2.00. The molecule has 0 saturated heterocycles. The molecule has 1 N–H and O–H groups in total. The van der Waals surface area contributed by atoms with Crippen LogP contribution in [0.15, 0.2) is 48.5 Å². The van der Waals surface area contributed by atoms with Crippen molar-refractivity contribution >= 4 is 11.6 Å². The van der Waals surface area contributed by atoms with Crippen LogP contribution in [0.25, 0.3) is 0 Å². The Morgan fingerprint density at radius 1 is 1.22 bits per heavy atom. The molecule has 0 aromatic heterocycles. The minimum absolute atomic E-state index is 0.0464. The SMILES string of the molecule is CC(=O)N(C)c1ccc(OCC(O)c2ccc(C#N)cc2)cc1. The Kier molecular flexibility index (Phi) is 5.34. The molecule has 0 saturated carbocycles. The summed E-state index contributed by atoms with van der Waals surface area (Å²) in [6.07, 6.45) is -0.776. The van der Waals surface area contributed by atoms with E-state index in [4.69, 9.17) is 10.00 Å². The second-order valence-electron chi connectivity index (χ2n) is 5.13. The summed E-state index contributed by atoms with van der Waals surface area (Å²) >= 11 is 0. The van der Waals surface area contributed by atoms with Crippen molar-refractivity contribution in [2.24, 2.45) is 0 Å². The quantitative estimate of drug-likeness (QED) is 0.921. The van der Waals surface area contributed by atoms with Crippen molar-refractivity contribution in [1.82, 2.24) is 0 Å². The largest absolute Gasteiger partial charge is 0.491 e. The van der Waals surface area contributed by atoms with Gasteiger partial charge in [-0.3, -0.25) is 4.79 Å². The molecule has 1 amide bonds. The highest BCUT2D eigenvalue weighted by atomic mass is 16.5. The molecular weight excluding hydrogens is 292 g/mol. The standard InChI is InChI=1S/C18H18N2O3/c1-13(21)20(2)16-7-9-17(10-8-16)23-12-18(22)15-5-3-14(11-19)4-6-15/h3-10,18,22H,12H2,1-2H3. The Morgan fingerprint density at radius 3 is 2.35 bits per heavy atom. The van der Waals surface area contributed by atoms with E-state index < -0.39 is 6.10 Å². The van der Waals surface area contributed by atoms with Gasteiger partial charge in [-0.05, 0) is 42.0 Å². The number of aliphatic hydroxyl groups excluding tert-OH is 1. The first-order chi connectivity index (χ1) is 11.0. The summed E-state index contributed by atoms with van der Waals surface area (Å²) in [5.41, 5.74) is 2.02. The summed E-state index contributed by atoms with van der Waals surface area (Å²) in [4.78, 5) is 12.8. The molecule has 2 aromatic carbocycles. The smallest absolute Gasteiger partial charge is 0.223 e. The van der Waals surface area contributed by atoms with Crippen molar-refractivity contribution in [1.29, 1.82) is 5.26 Å². The lowest BCUT2D eigenvalue weighted by molar-refractivity contribution is -0.116. The van der Waals surface area contributed by atoms with E-state index in [9.17, 15) is 9.90 Å². The molecule has 118 valence electrons. The van der Waals surface area contributed by atoms with Crippen LogP contribution in [0.3, 0.4) is 0 Å².